The van der Waals surface area contributed by atoms with Crippen molar-refractivity contribution in [3.8, 4) is 0 Å². The fourth-order valence-corrected chi connectivity index (χ4v) is 2.51. The highest BCUT2D eigenvalue weighted by Gasteiger charge is 2.41. The molecule has 0 bridgehead atoms. The standard InChI is InChI=1S/C18H16F4N2O3/c1-23-16(26)14(15(25)11-7-3-2-4-8-11)24(22)17(27)12-9-5-6-10-13(12)18(19,20)21/h2-10,14-15,25H,1H3,(H,23,26). The first-order valence-electron chi connectivity index (χ1n) is 7.78. The number of nitrogens with one attached hydrogen (secondary N) is 1. The van der Waals surface area contributed by atoms with E-state index in [1.807, 2.05) is 0 Å². The Morgan fingerprint density at radius 3 is 2.15 bits per heavy atom. The Kier molecular flexibility index (Phi) is 6.17. The Morgan fingerprint density at radius 2 is 1.59 bits per heavy atom. The number of rotatable bonds is 5. The van der Waals surface area contributed by atoms with Crippen LogP contribution in [0.4, 0.5) is 17.7 Å². The molecule has 0 fully saturated rings. The zero-order valence-corrected chi connectivity index (χ0v) is 14.1. The van der Waals surface area contributed by atoms with Crippen LogP contribution in [0.25, 0.3) is 0 Å². The normalized spacial score (nSPS) is 13.6. The molecule has 0 spiro atoms. The van der Waals surface area contributed by atoms with Crippen molar-refractivity contribution in [1.29, 1.82) is 0 Å². The predicted octanol–water partition coefficient (Wildman–Crippen LogP) is 2.88. The third-order valence-electron chi connectivity index (χ3n) is 3.86. The van der Waals surface area contributed by atoms with Crippen molar-refractivity contribution >= 4 is 11.8 Å². The van der Waals surface area contributed by atoms with Gasteiger partial charge in [-0.1, -0.05) is 46.9 Å². The summed E-state index contributed by atoms with van der Waals surface area (Å²) in [6.07, 6.45) is -6.69. The van der Waals surface area contributed by atoms with Crippen molar-refractivity contribution < 1.29 is 32.3 Å². The average molecular weight is 384 g/mol. The largest absolute Gasteiger partial charge is 0.417 e. The predicted molar refractivity (Wildman–Crippen MR) is 88.0 cm³/mol. The third kappa shape index (κ3) is 4.43. The van der Waals surface area contributed by atoms with Crippen molar-refractivity contribution in [2.75, 3.05) is 7.05 Å². The summed E-state index contributed by atoms with van der Waals surface area (Å²) in [5.74, 6) is -2.77. The monoisotopic (exact) mass is 384 g/mol. The molecular formula is C18H16F4N2O3. The van der Waals surface area contributed by atoms with Crippen molar-refractivity contribution in [3.63, 3.8) is 0 Å². The van der Waals surface area contributed by atoms with Crippen LogP contribution in [0.1, 0.15) is 27.6 Å². The summed E-state index contributed by atoms with van der Waals surface area (Å²) in [5.41, 5.74) is -2.20. The fourth-order valence-electron chi connectivity index (χ4n) is 2.51. The van der Waals surface area contributed by atoms with Gasteiger partial charge in [0.1, 0.15) is 6.10 Å². The number of amides is 2. The maximum absolute atomic E-state index is 14.8. The quantitative estimate of drug-likeness (QED) is 0.615. The molecule has 0 saturated heterocycles. The highest BCUT2D eigenvalue weighted by Crippen LogP contribution is 2.33. The van der Waals surface area contributed by atoms with Gasteiger partial charge < -0.3 is 10.4 Å². The van der Waals surface area contributed by atoms with Gasteiger partial charge in [-0.3, -0.25) is 9.59 Å². The number of aliphatic hydroxyl groups is 1. The Balaban J connectivity index is 2.43. The maximum Gasteiger partial charge on any atom is 0.417 e. The Bertz CT molecular complexity index is 812. The van der Waals surface area contributed by atoms with E-state index in [1.54, 1.807) is 6.07 Å². The summed E-state index contributed by atoms with van der Waals surface area (Å²) < 4.78 is 54.1. The molecule has 27 heavy (non-hydrogen) atoms. The first-order chi connectivity index (χ1) is 12.7. The van der Waals surface area contributed by atoms with E-state index in [2.05, 4.69) is 5.32 Å². The first-order valence-corrected chi connectivity index (χ1v) is 7.78. The molecule has 144 valence electrons. The molecule has 0 aliphatic heterocycles. The third-order valence-corrected chi connectivity index (χ3v) is 3.86. The van der Waals surface area contributed by atoms with Crippen molar-refractivity contribution in [1.82, 2.24) is 10.4 Å². The van der Waals surface area contributed by atoms with E-state index in [-0.39, 0.29) is 5.56 Å². The number of carbonyl (C=O) groups excluding carboxylic acids is 2. The summed E-state index contributed by atoms with van der Waals surface area (Å²) in [7, 11) is 1.15. The molecular weight excluding hydrogens is 368 g/mol. The molecule has 0 heterocycles. The van der Waals surface area contributed by atoms with Gasteiger partial charge in [-0.05, 0) is 17.7 Å². The summed E-state index contributed by atoms with van der Waals surface area (Å²) >= 11 is 0. The van der Waals surface area contributed by atoms with Crippen LogP contribution in [-0.2, 0) is 11.0 Å². The van der Waals surface area contributed by atoms with Gasteiger partial charge in [0, 0.05) is 7.05 Å². The number of benzene rings is 2. The van der Waals surface area contributed by atoms with E-state index in [9.17, 15) is 32.3 Å². The Morgan fingerprint density at radius 1 is 1.04 bits per heavy atom. The lowest BCUT2D eigenvalue weighted by Gasteiger charge is -2.27. The number of nitrogens with zero attached hydrogens (tertiary/aromatic N) is 1. The van der Waals surface area contributed by atoms with Crippen LogP contribution in [-0.4, -0.2) is 35.1 Å². The molecule has 5 nitrogen and oxygen atoms in total. The lowest BCUT2D eigenvalue weighted by molar-refractivity contribution is -0.139. The molecule has 2 unspecified atom stereocenters. The smallest absolute Gasteiger partial charge is 0.386 e. The molecule has 2 rings (SSSR count). The van der Waals surface area contributed by atoms with Gasteiger partial charge >= 0.3 is 6.18 Å². The van der Waals surface area contributed by atoms with Crippen LogP contribution in [0.2, 0.25) is 0 Å². The van der Waals surface area contributed by atoms with Crippen LogP contribution in [0.5, 0.6) is 0 Å². The van der Waals surface area contributed by atoms with Crippen LogP contribution in [0.3, 0.4) is 0 Å². The average Bonchev–Trinajstić information content (AvgIpc) is 2.67. The Hall–Kier alpha value is -2.94. The van der Waals surface area contributed by atoms with E-state index in [1.165, 1.54) is 24.3 Å². The molecule has 2 aromatic rings. The second-order valence-electron chi connectivity index (χ2n) is 5.57. The van der Waals surface area contributed by atoms with E-state index in [4.69, 9.17) is 0 Å². The number of carbonyl (C=O) groups is 2. The molecule has 9 heteroatoms. The molecule has 2 aromatic carbocycles. The molecule has 0 aliphatic rings. The lowest BCUT2D eigenvalue weighted by Crippen LogP contribution is -2.48. The van der Waals surface area contributed by atoms with Crippen molar-refractivity contribution in [3.05, 3.63) is 71.3 Å². The van der Waals surface area contributed by atoms with Gasteiger partial charge in [-0.2, -0.15) is 18.3 Å². The number of halogens is 4. The van der Waals surface area contributed by atoms with Gasteiger partial charge in [0.15, 0.2) is 6.04 Å². The zero-order valence-electron chi connectivity index (χ0n) is 14.1. The minimum absolute atomic E-state index is 0.116. The van der Waals surface area contributed by atoms with Gasteiger partial charge in [-0.25, -0.2) is 0 Å². The summed E-state index contributed by atoms with van der Waals surface area (Å²) in [4.78, 5) is 24.4. The van der Waals surface area contributed by atoms with Crippen molar-refractivity contribution in [2.45, 2.75) is 18.3 Å². The molecule has 2 atom stereocenters. The number of alkyl halides is 3. The molecule has 2 amide bonds. The summed E-state index contributed by atoms with van der Waals surface area (Å²) in [6.45, 7) is 0. The van der Waals surface area contributed by atoms with Crippen molar-refractivity contribution in [2.24, 2.45) is 0 Å². The van der Waals surface area contributed by atoms with Gasteiger partial charge in [-0.15, -0.1) is 0 Å². The highest BCUT2D eigenvalue weighted by atomic mass is 19.4. The van der Waals surface area contributed by atoms with E-state index in [0.717, 1.165) is 25.2 Å². The topological polar surface area (TPSA) is 69.6 Å². The highest BCUT2D eigenvalue weighted by molar-refractivity contribution is 5.98. The summed E-state index contributed by atoms with van der Waals surface area (Å²) in [5, 5.41) is 11.8. The maximum atomic E-state index is 14.8. The number of hydrogen-bond donors (Lipinski definition) is 2. The molecule has 0 radical (unpaired) electrons. The number of hydrogen-bond acceptors (Lipinski definition) is 3. The minimum Gasteiger partial charge on any atom is -0.386 e. The van der Waals surface area contributed by atoms with Gasteiger partial charge in [0.05, 0.1) is 11.1 Å². The van der Waals surface area contributed by atoms with Crippen LogP contribution < -0.4 is 5.32 Å². The summed E-state index contributed by atoms with van der Waals surface area (Å²) in [6, 6.07) is 8.97. The molecule has 2 N–H and O–H groups in total. The van der Waals surface area contributed by atoms with Crippen LogP contribution in [0.15, 0.2) is 54.6 Å². The van der Waals surface area contributed by atoms with Gasteiger partial charge in [0.2, 0.25) is 5.91 Å². The molecule has 0 saturated carbocycles. The lowest BCUT2D eigenvalue weighted by atomic mass is 10.00. The second kappa shape index (κ2) is 8.17. The van der Waals surface area contributed by atoms with E-state index < -0.39 is 46.4 Å². The fraction of sp³-hybridized carbons (Fsp3) is 0.222. The molecule has 0 aromatic heterocycles. The molecule has 0 aliphatic carbocycles. The Labute approximate surface area is 152 Å². The first kappa shape index (κ1) is 20.4. The second-order valence-corrected chi connectivity index (χ2v) is 5.57. The zero-order chi connectivity index (χ0) is 20.2. The number of likely N-dealkylation sites (N-methyl/N-ethyl adjacent to an activating group) is 1. The van der Waals surface area contributed by atoms with Gasteiger partial charge in [0.25, 0.3) is 5.91 Å². The number of aliphatic hydroxyl groups excluding tert-OH is 1. The SMILES string of the molecule is CNC(=O)C(C(O)c1ccccc1)N(F)C(=O)c1ccccc1C(F)(F)F. The van der Waals surface area contributed by atoms with Crippen LogP contribution >= 0.6 is 0 Å². The van der Waals surface area contributed by atoms with E-state index in [0.29, 0.717) is 6.07 Å². The minimum atomic E-state index is -4.90. The van der Waals surface area contributed by atoms with E-state index >= 15 is 0 Å². The van der Waals surface area contributed by atoms with Crippen LogP contribution in [0, 0.1) is 0 Å².